The number of aromatic hydroxyl groups is 2. The molecular formula is C23H23N5O5. The maximum atomic E-state index is 12.7. The lowest BCUT2D eigenvalue weighted by atomic mass is 10.1. The van der Waals surface area contributed by atoms with Crippen molar-refractivity contribution in [1.29, 1.82) is 0 Å². The summed E-state index contributed by atoms with van der Waals surface area (Å²) < 4.78 is 7.71. The highest BCUT2D eigenvalue weighted by atomic mass is 16.5. The highest BCUT2D eigenvalue weighted by Gasteiger charge is 2.18. The first kappa shape index (κ1) is 22.2. The number of azo groups is 1. The maximum Gasteiger partial charge on any atom is 0.295 e. The lowest BCUT2D eigenvalue weighted by molar-refractivity contribution is 0.0995. The second-order valence-corrected chi connectivity index (χ2v) is 7.39. The van der Waals surface area contributed by atoms with Gasteiger partial charge < -0.3 is 14.9 Å². The number of hydrogen-bond acceptors (Lipinski definition) is 7. The van der Waals surface area contributed by atoms with Crippen molar-refractivity contribution in [2.24, 2.45) is 10.2 Å². The monoisotopic (exact) mass is 449 g/mol. The molecule has 4 rings (SSSR count). The number of benzene rings is 2. The van der Waals surface area contributed by atoms with Crippen LogP contribution in [0.5, 0.6) is 11.8 Å². The molecular weight excluding hydrogens is 426 g/mol. The Hall–Kier alpha value is -4.05. The summed E-state index contributed by atoms with van der Waals surface area (Å²) in [4.78, 5) is 29.7. The number of fused-ring (bicyclic) bond motifs is 2. The van der Waals surface area contributed by atoms with Crippen LogP contribution in [-0.4, -0.2) is 44.0 Å². The third kappa shape index (κ3) is 4.08. The van der Waals surface area contributed by atoms with Gasteiger partial charge in [0.15, 0.2) is 0 Å². The Kier molecular flexibility index (Phi) is 6.18. The van der Waals surface area contributed by atoms with E-state index >= 15 is 0 Å². The van der Waals surface area contributed by atoms with Crippen molar-refractivity contribution in [2.45, 2.75) is 26.4 Å². The second kappa shape index (κ2) is 9.21. The molecule has 0 fully saturated rings. The van der Waals surface area contributed by atoms with Crippen molar-refractivity contribution in [3.63, 3.8) is 0 Å². The first-order valence-corrected chi connectivity index (χ1v) is 10.4. The summed E-state index contributed by atoms with van der Waals surface area (Å²) in [7, 11) is 1.57. The van der Waals surface area contributed by atoms with Gasteiger partial charge in [-0.1, -0.05) is 12.1 Å². The minimum absolute atomic E-state index is 0.0282. The molecule has 1 amide bonds. The van der Waals surface area contributed by atoms with Crippen molar-refractivity contribution < 1.29 is 19.7 Å². The molecule has 0 saturated heterocycles. The predicted molar refractivity (Wildman–Crippen MR) is 122 cm³/mol. The van der Waals surface area contributed by atoms with Gasteiger partial charge in [-0.3, -0.25) is 18.7 Å². The number of carbonyl (C=O) groups excluding carboxylic acids is 1. The lowest BCUT2D eigenvalue weighted by Gasteiger charge is -2.06. The first-order valence-electron chi connectivity index (χ1n) is 10.4. The van der Waals surface area contributed by atoms with Crippen LogP contribution in [0.4, 0.5) is 5.95 Å². The quantitative estimate of drug-likeness (QED) is 0.326. The van der Waals surface area contributed by atoms with E-state index in [0.29, 0.717) is 47.8 Å². The lowest BCUT2D eigenvalue weighted by Crippen LogP contribution is -2.20. The van der Waals surface area contributed by atoms with E-state index in [9.17, 15) is 19.8 Å². The van der Waals surface area contributed by atoms with Gasteiger partial charge in [0.2, 0.25) is 11.8 Å². The number of nitrogens with zero attached hydrogens (tertiary/aromatic N) is 5. The SMILES string of the molecule is CCn1c(N=NC(=O)c2ccc3c(O)n(CCCOC)c(O)c3c2)nc2ccccc2c1=O. The van der Waals surface area contributed by atoms with E-state index in [2.05, 4.69) is 15.2 Å². The minimum atomic E-state index is -0.673. The summed E-state index contributed by atoms with van der Waals surface area (Å²) >= 11 is 0. The molecule has 0 aliphatic heterocycles. The Balaban J connectivity index is 1.67. The van der Waals surface area contributed by atoms with Crippen molar-refractivity contribution in [1.82, 2.24) is 14.1 Å². The van der Waals surface area contributed by atoms with Crippen molar-refractivity contribution in [3.05, 3.63) is 58.4 Å². The Bertz CT molecular complexity index is 1440. The van der Waals surface area contributed by atoms with Gasteiger partial charge in [-0.25, -0.2) is 4.98 Å². The highest BCUT2D eigenvalue weighted by molar-refractivity contribution is 6.02. The van der Waals surface area contributed by atoms with Crippen LogP contribution in [0.25, 0.3) is 21.7 Å². The maximum absolute atomic E-state index is 12.7. The van der Waals surface area contributed by atoms with Crippen LogP contribution in [-0.2, 0) is 17.8 Å². The Morgan fingerprint density at radius 1 is 1.06 bits per heavy atom. The molecule has 0 bridgehead atoms. The summed E-state index contributed by atoms with van der Waals surface area (Å²) in [6, 6.07) is 11.4. The number of hydrogen-bond donors (Lipinski definition) is 2. The number of amides is 1. The zero-order valence-electron chi connectivity index (χ0n) is 18.2. The van der Waals surface area contributed by atoms with E-state index in [1.54, 1.807) is 38.3 Å². The summed E-state index contributed by atoms with van der Waals surface area (Å²) in [6.45, 7) is 2.92. The fourth-order valence-corrected chi connectivity index (χ4v) is 3.69. The highest BCUT2D eigenvalue weighted by Crippen LogP contribution is 2.37. The smallest absolute Gasteiger partial charge is 0.295 e. The van der Waals surface area contributed by atoms with E-state index in [-0.39, 0.29) is 28.8 Å². The molecule has 0 aliphatic carbocycles. The molecule has 2 heterocycles. The van der Waals surface area contributed by atoms with Crippen LogP contribution in [0.15, 0.2) is 57.5 Å². The van der Waals surface area contributed by atoms with Gasteiger partial charge in [0, 0.05) is 43.1 Å². The summed E-state index contributed by atoms with van der Waals surface area (Å²) in [6.07, 6.45) is 0.594. The van der Waals surface area contributed by atoms with Crippen LogP contribution in [0, 0.1) is 0 Å². The Labute approximate surface area is 188 Å². The van der Waals surface area contributed by atoms with Crippen molar-refractivity contribution in [3.8, 4) is 11.8 Å². The van der Waals surface area contributed by atoms with E-state index in [1.165, 1.54) is 27.3 Å². The van der Waals surface area contributed by atoms with Gasteiger partial charge in [-0.05, 0) is 43.7 Å². The minimum Gasteiger partial charge on any atom is -0.494 e. The summed E-state index contributed by atoms with van der Waals surface area (Å²) in [5, 5.41) is 29.8. The molecule has 0 atom stereocenters. The number of rotatable bonds is 7. The zero-order valence-corrected chi connectivity index (χ0v) is 18.2. The number of aromatic nitrogens is 3. The average Bonchev–Trinajstić information content (AvgIpc) is 3.07. The summed E-state index contributed by atoms with van der Waals surface area (Å²) in [5.41, 5.74) is 0.369. The average molecular weight is 449 g/mol. The van der Waals surface area contributed by atoms with Gasteiger partial charge >= 0.3 is 0 Å². The van der Waals surface area contributed by atoms with Crippen LogP contribution in [0.1, 0.15) is 23.7 Å². The van der Waals surface area contributed by atoms with E-state index < -0.39 is 5.91 Å². The van der Waals surface area contributed by atoms with Gasteiger partial charge in [-0.2, -0.15) is 0 Å². The van der Waals surface area contributed by atoms with E-state index in [1.807, 2.05) is 0 Å². The van der Waals surface area contributed by atoms with E-state index in [0.717, 1.165) is 0 Å². The standard InChI is InChI=1S/C23H23N5O5/c1-3-27-21(31)16-7-4-5-8-18(16)24-23(27)26-25-19(29)14-9-10-15-17(13-14)22(32)28(20(15)30)11-6-12-33-2/h4-5,7-10,13,30,32H,3,6,11-12H2,1-2H3. The molecule has 0 aliphatic rings. The molecule has 10 nitrogen and oxygen atoms in total. The van der Waals surface area contributed by atoms with Crippen LogP contribution in [0.3, 0.4) is 0 Å². The molecule has 0 saturated carbocycles. The fraction of sp³-hybridized carbons (Fsp3) is 0.261. The molecule has 0 spiro atoms. The molecule has 0 unspecified atom stereocenters. The predicted octanol–water partition coefficient (Wildman–Crippen LogP) is 3.74. The molecule has 2 aromatic carbocycles. The molecule has 2 aromatic heterocycles. The van der Waals surface area contributed by atoms with Gasteiger partial charge in [0.25, 0.3) is 17.4 Å². The third-order valence-corrected chi connectivity index (χ3v) is 5.38. The number of methoxy groups -OCH3 is 1. The van der Waals surface area contributed by atoms with E-state index in [4.69, 9.17) is 4.74 Å². The molecule has 4 aromatic rings. The van der Waals surface area contributed by atoms with Gasteiger partial charge in [0.1, 0.15) is 0 Å². The molecule has 33 heavy (non-hydrogen) atoms. The van der Waals surface area contributed by atoms with Gasteiger partial charge in [-0.15, -0.1) is 10.2 Å². The van der Waals surface area contributed by atoms with Crippen molar-refractivity contribution in [2.75, 3.05) is 13.7 Å². The number of carbonyl (C=O) groups is 1. The second-order valence-electron chi connectivity index (χ2n) is 7.39. The topological polar surface area (TPSA) is 131 Å². The van der Waals surface area contributed by atoms with Gasteiger partial charge in [0.05, 0.1) is 10.9 Å². The summed E-state index contributed by atoms with van der Waals surface area (Å²) in [5.74, 6) is -0.888. The number of para-hydroxylation sites is 1. The molecule has 10 heteroatoms. The molecule has 2 N–H and O–H groups in total. The largest absolute Gasteiger partial charge is 0.494 e. The van der Waals surface area contributed by atoms with Crippen molar-refractivity contribution >= 4 is 33.5 Å². The van der Waals surface area contributed by atoms with Crippen LogP contribution < -0.4 is 5.56 Å². The number of ether oxygens (including phenoxy) is 1. The fourth-order valence-electron chi connectivity index (χ4n) is 3.69. The van der Waals surface area contributed by atoms with Crippen LogP contribution in [0.2, 0.25) is 0 Å². The van der Waals surface area contributed by atoms with Crippen LogP contribution >= 0.6 is 0 Å². The Morgan fingerprint density at radius 2 is 1.82 bits per heavy atom. The normalized spacial score (nSPS) is 11.7. The molecule has 0 radical (unpaired) electrons. The molecule has 170 valence electrons. The first-order chi connectivity index (χ1) is 16.0. The Morgan fingerprint density at radius 3 is 2.58 bits per heavy atom. The third-order valence-electron chi connectivity index (χ3n) is 5.38. The zero-order chi connectivity index (χ0) is 23.5.